The van der Waals surface area contributed by atoms with Crippen LogP contribution < -0.4 is 4.90 Å². The van der Waals surface area contributed by atoms with Gasteiger partial charge in [0.2, 0.25) is 0 Å². The van der Waals surface area contributed by atoms with Crippen LogP contribution in [0, 0.1) is 0 Å². The molecule has 0 saturated heterocycles. The first-order chi connectivity index (χ1) is 17.4. The van der Waals surface area contributed by atoms with Crippen LogP contribution in [0.3, 0.4) is 0 Å². The smallest absolute Gasteiger partial charge is 0.0546 e. The van der Waals surface area contributed by atoms with Crippen molar-refractivity contribution >= 4 is 27.8 Å². The van der Waals surface area contributed by atoms with Gasteiger partial charge in [0.05, 0.1) is 5.69 Å². The fourth-order valence-electron chi connectivity index (χ4n) is 4.72. The third-order valence-electron chi connectivity index (χ3n) is 6.41. The Labute approximate surface area is 206 Å². The molecule has 0 bridgehead atoms. The van der Waals surface area contributed by atoms with E-state index in [2.05, 4.69) is 157 Å². The number of para-hydroxylation sites is 2. The predicted octanol–water partition coefficient (Wildman–Crippen LogP) is 9.64. The van der Waals surface area contributed by atoms with Crippen molar-refractivity contribution < 1.29 is 0 Å². The topological polar surface area (TPSA) is 3.24 Å². The maximum absolute atomic E-state index is 2.36. The van der Waals surface area contributed by atoms with Crippen molar-refractivity contribution in [1.29, 1.82) is 0 Å². The minimum absolute atomic E-state index is 1.13. The van der Waals surface area contributed by atoms with E-state index in [0.29, 0.717) is 0 Å². The maximum atomic E-state index is 2.36. The lowest BCUT2D eigenvalue weighted by Crippen LogP contribution is -2.11. The second kappa shape index (κ2) is 9.32. The summed E-state index contributed by atoms with van der Waals surface area (Å²) in [4.78, 5) is 2.36. The molecule has 0 aliphatic rings. The van der Waals surface area contributed by atoms with Gasteiger partial charge in [-0.2, -0.15) is 0 Å². The summed E-state index contributed by atoms with van der Waals surface area (Å²) in [5.41, 5.74) is 8.27. The Bertz CT molecular complexity index is 1530. The zero-order valence-electron chi connectivity index (χ0n) is 19.4. The van der Waals surface area contributed by atoms with Gasteiger partial charge in [0.15, 0.2) is 0 Å². The molecule has 6 rings (SSSR count). The SMILES string of the molecule is c1ccc(-c2cccc(-c3cc4ccccc4cc3N(c3ccccc3)c3ccccc3)c2)cc1. The molecule has 0 heterocycles. The Morgan fingerprint density at radius 2 is 0.829 bits per heavy atom. The van der Waals surface area contributed by atoms with Gasteiger partial charge in [0, 0.05) is 16.9 Å². The molecule has 0 atom stereocenters. The van der Waals surface area contributed by atoms with E-state index in [1.54, 1.807) is 0 Å². The molecule has 0 saturated carbocycles. The van der Waals surface area contributed by atoms with Crippen molar-refractivity contribution in [2.24, 2.45) is 0 Å². The van der Waals surface area contributed by atoms with Crippen molar-refractivity contribution in [2.75, 3.05) is 4.90 Å². The molecule has 0 unspecified atom stereocenters. The molecule has 0 amide bonds. The molecule has 1 heteroatoms. The summed E-state index contributed by atoms with van der Waals surface area (Å²) in [6.07, 6.45) is 0. The van der Waals surface area contributed by atoms with E-state index >= 15 is 0 Å². The predicted molar refractivity (Wildman–Crippen MR) is 150 cm³/mol. The van der Waals surface area contributed by atoms with Gasteiger partial charge in [0.25, 0.3) is 0 Å². The molecule has 1 nitrogen and oxygen atoms in total. The van der Waals surface area contributed by atoms with Gasteiger partial charge < -0.3 is 4.90 Å². The number of anilines is 3. The minimum atomic E-state index is 1.13. The quantitative estimate of drug-likeness (QED) is 0.254. The molecule has 0 N–H and O–H groups in total. The lowest BCUT2D eigenvalue weighted by atomic mass is 9.95. The summed E-state index contributed by atoms with van der Waals surface area (Å²) >= 11 is 0. The fourth-order valence-corrected chi connectivity index (χ4v) is 4.72. The first-order valence-electron chi connectivity index (χ1n) is 12.0. The number of hydrogen-bond acceptors (Lipinski definition) is 1. The molecule has 35 heavy (non-hydrogen) atoms. The van der Waals surface area contributed by atoms with Crippen LogP contribution in [0.5, 0.6) is 0 Å². The molecular weight excluding hydrogens is 422 g/mol. The first kappa shape index (κ1) is 20.9. The van der Waals surface area contributed by atoms with Gasteiger partial charge >= 0.3 is 0 Å². The Morgan fingerprint density at radius 1 is 0.343 bits per heavy atom. The van der Waals surface area contributed by atoms with E-state index in [1.165, 1.54) is 33.0 Å². The highest BCUT2D eigenvalue weighted by Crippen LogP contribution is 2.43. The largest absolute Gasteiger partial charge is 0.310 e. The van der Waals surface area contributed by atoms with Crippen LogP contribution in [0.2, 0.25) is 0 Å². The third kappa shape index (κ3) is 4.20. The molecule has 6 aromatic carbocycles. The van der Waals surface area contributed by atoms with Crippen LogP contribution >= 0.6 is 0 Å². The standard InChI is InChI=1S/C34H25N/c1-4-13-26(14-5-1)27-17-12-18-30(23-27)33-24-28-15-10-11-16-29(28)25-34(33)35(31-19-6-2-7-20-31)32-21-8-3-9-22-32/h1-25H. The van der Waals surface area contributed by atoms with Gasteiger partial charge in [-0.25, -0.2) is 0 Å². The van der Waals surface area contributed by atoms with E-state index < -0.39 is 0 Å². The van der Waals surface area contributed by atoms with Crippen molar-refractivity contribution in [1.82, 2.24) is 0 Å². The monoisotopic (exact) mass is 447 g/mol. The zero-order valence-corrected chi connectivity index (χ0v) is 19.4. The summed E-state index contributed by atoms with van der Waals surface area (Å²) in [6.45, 7) is 0. The van der Waals surface area contributed by atoms with Gasteiger partial charge in [-0.3, -0.25) is 0 Å². The van der Waals surface area contributed by atoms with Crippen molar-refractivity contribution in [3.05, 3.63) is 152 Å². The van der Waals surface area contributed by atoms with E-state index in [9.17, 15) is 0 Å². The van der Waals surface area contributed by atoms with Crippen LogP contribution in [-0.2, 0) is 0 Å². The van der Waals surface area contributed by atoms with E-state index in [0.717, 1.165) is 17.1 Å². The van der Waals surface area contributed by atoms with Crippen LogP contribution in [0.15, 0.2) is 152 Å². The van der Waals surface area contributed by atoms with Crippen LogP contribution in [0.4, 0.5) is 17.1 Å². The molecule has 0 fully saturated rings. The third-order valence-corrected chi connectivity index (χ3v) is 6.41. The summed E-state index contributed by atoms with van der Waals surface area (Å²) in [5, 5.41) is 2.46. The van der Waals surface area contributed by atoms with Gasteiger partial charge in [0.1, 0.15) is 0 Å². The fraction of sp³-hybridized carbons (Fsp3) is 0. The highest BCUT2D eigenvalue weighted by atomic mass is 15.1. The van der Waals surface area contributed by atoms with Crippen LogP contribution in [-0.4, -0.2) is 0 Å². The highest BCUT2D eigenvalue weighted by Gasteiger charge is 2.18. The molecule has 0 aromatic heterocycles. The Morgan fingerprint density at radius 3 is 1.46 bits per heavy atom. The molecule has 6 aromatic rings. The maximum Gasteiger partial charge on any atom is 0.0546 e. The van der Waals surface area contributed by atoms with E-state index in [-0.39, 0.29) is 0 Å². The van der Waals surface area contributed by atoms with Gasteiger partial charge in [-0.15, -0.1) is 0 Å². The summed E-state index contributed by atoms with van der Waals surface area (Å²) < 4.78 is 0. The first-order valence-corrected chi connectivity index (χ1v) is 12.0. The second-order valence-corrected chi connectivity index (χ2v) is 8.67. The lowest BCUT2D eigenvalue weighted by molar-refractivity contribution is 1.29. The highest BCUT2D eigenvalue weighted by molar-refractivity contribution is 5.98. The molecule has 0 aliphatic heterocycles. The normalized spacial score (nSPS) is 10.9. The van der Waals surface area contributed by atoms with Crippen LogP contribution in [0.25, 0.3) is 33.0 Å². The summed E-state index contributed by atoms with van der Waals surface area (Å²) in [7, 11) is 0. The molecule has 0 spiro atoms. The van der Waals surface area contributed by atoms with Crippen molar-refractivity contribution in [3.63, 3.8) is 0 Å². The Hall–Kier alpha value is -4.62. The van der Waals surface area contributed by atoms with Crippen molar-refractivity contribution in [2.45, 2.75) is 0 Å². The molecular formula is C34H25N. The van der Waals surface area contributed by atoms with Gasteiger partial charge in [-0.05, 0) is 69.9 Å². The number of nitrogens with zero attached hydrogens (tertiary/aromatic N) is 1. The number of fused-ring (bicyclic) bond motifs is 1. The average molecular weight is 448 g/mol. The van der Waals surface area contributed by atoms with E-state index in [4.69, 9.17) is 0 Å². The average Bonchev–Trinajstić information content (AvgIpc) is 2.94. The zero-order chi connectivity index (χ0) is 23.5. The van der Waals surface area contributed by atoms with Crippen molar-refractivity contribution in [3.8, 4) is 22.3 Å². The molecule has 166 valence electrons. The number of rotatable bonds is 5. The minimum Gasteiger partial charge on any atom is -0.310 e. The van der Waals surface area contributed by atoms with Crippen LogP contribution in [0.1, 0.15) is 0 Å². The summed E-state index contributed by atoms with van der Waals surface area (Å²) in [6, 6.07) is 53.9. The lowest BCUT2D eigenvalue weighted by Gasteiger charge is -2.28. The number of hydrogen-bond donors (Lipinski definition) is 0. The Kier molecular flexibility index (Phi) is 5.58. The molecule has 0 aliphatic carbocycles. The summed E-state index contributed by atoms with van der Waals surface area (Å²) in [5.74, 6) is 0. The second-order valence-electron chi connectivity index (χ2n) is 8.67. The van der Waals surface area contributed by atoms with Gasteiger partial charge in [-0.1, -0.05) is 109 Å². The number of benzene rings is 6. The Balaban J connectivity index is 1.62. The van der Waals surface area contributed by atoms with E-state index in [1.807, 2.05) is 0 Å². The molecule has 0 radical (unpaired) electrons.